The maximum atomic E-state index is 14.0. The lowest BCUT2D eigenvalue weighted by molar-refractivity contribution is 0.266. The second-order valence-electron chi connectivity index (χ2n) is 6.83. The molecule has 0 saturated heterocycles. The zero-order valence-electron chi connectivity index (χ0n) is 17.8. The summed E-state index contributed by atoms with van der Waals surface area (Å²) in [7, 11) is 0. The third-order valence-electron chi connectivity index (χ3n) is 4.39. The summed E-state index contributed by atoms with van der Waals surface area (Å²) < 4.78 is 25.4. The maximum absolute atomic E-state index is 14.0. The highest BCUT2D eigenvalue weighted by Gasteiger charge is 2.11. The smallest absolute Gasteiger partial charge is 0.252 e. The van der Waals surface area contributed by atoms with E-state index in [2.05, 4.69) is 20.5 Å². The fourth-order valence-corrected chi connectivity index (χ4v) is 3.14. The normalized spacial score (nSPS) is 11.0. The van der Waals surface area contributed by atoms with Crippen LogP contribution in [0.25, 0.3) is 0 Å². The molecular formula is C23H24ClFN4O3. The Morgan fingerprint density at radius 1 is 1.19 bits per heavy atom. The number of hydrogen-bond acceptors (Lipinski definition) is 6. The van der Waals surface area contributed by atoms with Gasteiger partial charge in [0, 0.05) is 17.3 Å². The van der Waals surface area contributed by atoms with Gasteiger partial charge in [-0.3, -0.25) is 9.78 Å². The van der Waals surface area contributed by atoms with Crippen molar-refractivity contribution in [1.82, 2.24) is 9.97 Å². The van der Waals surface area contributed by atoms with Crippen molar-refractivity contribution in [3.8, 4) is 11.5 Å². The Balaban J connectivity index is 1.72. The first-order valence-corrected chi connectivity index (χ1v) is 10.6. The van der Waals surface area contributed by atoms with Crippen molar-refractivity contribution in [3.63, 3.8) is 0 Å². The van der Waals surface area contributed by atoms with E-state index in [-0.39, 0.29) is 23.7 Å². The van der Waals surface area contributed by atoms with Crippen LogP contribution in [0.3, 0.4) is 0 Å². The molecule has 1 heterocycles. The van der Waals surface area contributed by atoms with E-state index in [9.17, 15) is 9.18 Å². The predicted octanol–water partition coefficient (Wildman–Crippen LogP) is 4.94. The molecule has 2 N–H and O–H groups in total. The van der Waals surface area contributed by atoms with Gasteiger partial charge in [-0.1, -0.05) is 31.0 Å². The lowest BCUT2D eigenvalue weighted by Crippen LogP contribution is -2.12. The van der Waals surface area contributed by atoms with Crippen LogP contribution in [0.2, 0.25) is 5.02 Å². The van der Waals surface area contributed by atoms with E-state index in [4.69, 9.17) is 21.1 Å². The Hall–Kier alpha value is -3.39. The molecule has 0 spiro atoms. The van der Waals surface area contributed by atoms with E-state index in [1.165, 1.54) is 12.1 Å². The highest BCUT2D eigenvalue weighted by atomic mass is 35.5. The molecule has 0 radical (unpaired) electrons. The number of benzene rings is 2. The van der Waals surface area contributed by atoms with Gasteiger partial charge in [-0.05, 0) is 49.2 Å². The molecule has 3 rings (SSSR count). The van der Waals surface area contributed by atoms with Gasteiger partial charge in [-0.15, -0.1) is 0 Å². The monoisotopic (exact) mass is 458 g/mol. The second kappa shape index (κ2) is 11.3. The number of H-pyrrole nitrogens is 1. The topological polar surface area (TPSA) is 88.6 Å². The molecule has 168 valence electrons. The van der Waals surface area contributed by atoms with Crippen molar-refractivity contribution in [2.75, 3.05) is 12.0 Å². The van der Waals surface area contributed by atoms with E-state index in [0.29, 0.717) is 35.2 Å². The summed E-state index contributed by atoms with van der Waals surface area (Å²) in [6.45, 7) is 4.26. The first kappa shape index (κ1) is 23.3. The van der Waals surface area contributed by atoms with Crippen LogP contribution in [0, 0.1) is 5.82 Å². The summed E-state index contributed by atoms with van der Waals surface area (Å²) in [6, 6.07) is 11.2. The Labute approximate surface area is 190 Å². The number of hydrogen-bond donors (Lipinski definition) is 2. The molecule has 3 aromatic rings. The van der Waals surface area contributed by atoms with Crippen molar-refractivity contribution >= 4 is 23.8 Å². The summed E-state index contributed by atoms with van der Waals surface area (Å²) >= 11 is 6.06. The standard InChI is InChI=1S/C23H24ClFN4O3/c1-3-6-16-12-22(30)28-23(27-16)29-26-13-15-9-10-20(21(11-15)31-4-2)32-14-17-18(24)7-5-8-19(17)25/h5,7-13H,3-4,6,14H2,1-2H3,(H2,27,28,29,30)/b26-13+. The predicted molar refractivity (Wildman–Crippen MR) is 123 cm³/mol. The molecule has 0 fully saturated rings. The average Bonchev–Trinajstić information content (AvgIpc) is 2.75. The molecule has 0 atom stereocenters. The molecule has 9 heteroatoms. The Kier molecular flexibility index (Phi) is 8.21. The van der Waals surface area contributed by atoms with Crippen LogP contribution in [0.1, 0.15) is 37.1 Å². The van der Waals surface area contributed by atoms with Crippen LogP contribution in [0.4, 0.5) is 10.3 Å². The molecule has 32 heavy (non-hydrogen) atoms. The largest absolute Gasteiger partial charge is 0.490 e. The lowest BCUT2D eigenvalue weighted by Gasteiger charge is -2.13. The van der Waals surface area contributed by atoms with E-state index in [0.717, 1.165) is 12.0 Å². The summed E-state index contributed by atoms with van der Waals surface area (Å²) in [6.07, 6.45) is 3.16. The lowest BCUT2D eigenvalue weighted by atomic mass is 10.2. The van der Waals surface area contributed by atoms with Gasteiger partial charge >= 0.3 is 0 Å². The number of aryl methyl sites for hydroxylation is 1. The molecule has 2 aromatic carbocycles. The molecule has 0 aliphatic carbocycles. The molecule has 0 aliphatic heterocycles. The number of anilines is 1. The second-order valence-corrected chi connectivity index (χ2v) is 7.24. The zero-order chi connectivity index (χ0) is 22.9. The van der Waals surface area contributed by atoms with Crippen LogP contribution < -0.4 is 20.5 Å². The third-order valence-corrected chi connectivity index (χ3v) is 4.74. The fourth-order valence-electron chi connectivity index (χ4n) is 2.93. The van der Waals surface area contributed by atoms with Crippen LogP contribution in [-0.4, -0.2) is 22.8 Å². The first-order chi connectivity index (χ1) is 15.5. The first-order valence-electron chi connectivity index (χ1n) is 10.2. The summed E-state index contributed by atoms with van der Waals surface area (Å²) in [5.74, 6) is 0.777. The number of hydrazone groups is 1. The van der Waals surface area contributed by atoms with E-state index >= 15 is 0 Å². The van der Waals surface area contributed by atoms with Crippen molar-refractivity contribution in [2.45, 2.75) is 33.3 Å². The van der Waals surface area contributed by atoms with Gasteiger partial charge in [0.2, 0.25) is 5.95 Å². The average molecular weight is 459 g/mol. The van der Waals surface area contributed by atoms with Crippen LogP contribution in [-0.2, 0) is 13.0 Å². The van der Waals surface area contributed by atoms with Crippen LogP contribution in [0.5, 0.6) is 11.5 Å². The fraction of sp³-hybridized carbons (Fsp3) is 0.261. The molecule has 0 bridgehead atoms. The van der Waals surface area contributed by atoms with Crippen molar-refractivity contribution in [3.05, 3.63) is 80.5 Å². The number of nitrogens with one attached hydrogen (secondary N) is 2. The minimum absolute atomic E-state index is 0.0340. The van der Waals surface area contributed by atoms with Crippen molar-refractivity contribution in [1.29, 1.82) is 0 Å². The molecular weight excluding hydrogens is 435 g/mol. The van der Waals surface area contributed by atoms with Crippen molar-refractivity contribution in [2.24, 2.45) is 5.10 Å². The van der Waals surface area contributed by atoms with Gasteiger partial charge in [-0.2, -0.15) is 5.10 Å². The number of ether oxygens (including phenoxy) is 2. The van der Waals surface area contributed by atoms with Gasteiger partial charge in [0.25, 0.3) is 5.56 Å². The van der Waals surface area contributed by atoms with Crippen LogP contribution in [0.15, 0.2) is 52.4 Å². The summed E-state index contributed by atoms with van der Waals surface area (Å²) in [4.78, 5) is 18.6. The van der Waals surface area contributed by atoms with E-state index < -0.39 is 5.82 Å². The SMILES string of the molecule is CCCc1cc(=O)[nH]c(N/N=C/c2ccc(OCc3c(F)cccc3Cl)c(OCC)c2)n1. The van der Waals surface area contributed by atoms with Gasteiger partial charge < -0.3 is 9.47 Å². The van der Waals surface area contributed by atoms with Gasteiger partial charge in [-0.25, -0.2) is 14.8 Å². The maximum Gasteiger partial charge on any atom is 0.252 e. The minimum Gasteiger partial charge on any atom is -0.490 e. The Bertz CT molecular complexity index is 1130. The summed E-state index contributed by atoms with van der Waals surface area (Å²) in [5.41, 5.74) is 4.19. The van der Waals surface area contributed by atoms with Crippen LogP contribution >= 0.6 is 11.6 Å². The molecule has 0 unspecified atom stereocenters. The minimum atomic E-state index is -0.431. The van der Waals surface area contributed by atoms with E-state index in [1.54, 1.807) is 36.5 Å². The number of halogens is 2. The van der Waals surface area contributed by atoms with Gasteiger partial charge in [0.1, 0.15) is 12.4 Å². The molecule has 0 saturated carbocycles. The zero-order valence-corrected chi connectivity index (χ0v) is 18.6. The number of nitrogens with zero attached hydrogens (tertiary/aromatic N) is 2. The summed E-state index contributed by atoms with van der Waals surface area (Å²) in [5, 5.41) is 4.43. The quantitative estimate of drug-likeness (QED) is 0.332. The molecule has 7 nitrogen and oxygen atoms in total. The Morgan fingerprint density at radius 3 is 2.78 bits per heavy atom. The number of aromatic amines is 1. The molecule has 0 aliphatic rings. The van der Waals surface area contributed by atoms with Crippen molar-refractivity contribution < 1.29 is 13.9 Å². The highest BCUT2D eigenvalue weighted by Crippen LogP contribution is 2.30. The highest BCUT2D eigenvalue weighted by molar-refractivity contribution is 6.31. The molecule has 0 amide bonds. The van der Waals surface area contributed by atoms with Gasteiger partial charge in [0.15, 0.2) is 11.5 Å². The molecule has 1 aromatic heterocycles. The Morgan fingerprint density at radius 2 is 2.03 bits per heavy atom. The number of rotatable bonds is 10. The van der Waals surface area contributed by atoms with Gasteiger partial charge in [0.05, 0.1) is 17.8 Å². The third kappa shape index (κ3) is 6.31. The van der Waals surface area contributed by atoms with E-state index in [1.807, 2.05) is 13.8 Å². The number of aromatic nitrogens is 2.